The molecule has 9 rings (SSSR count). The molecule has 9 aliphatic rings. The molecular weight excluding hydrogens is 1180 g/mol. The van der Waals surface area contributed by atoms with Crippen molar-refractivity contribution in [1.82, 2.24) is 0 Å². The lowest BCUT2D eigenvalue weighted by atomic mass is 9.41. The third-order valence-corrected chi connectivity index (χ3v) is 21.6. The second kappa shape index (κ2) is 25.4. The number of aliphatic hydroxyl groups is 10. The number of carbonyl (C=O) groups is 1. The van der Waals surface area contributed by atoms with Gasteiger partial charge in [-0.15, -0.1) is 0 Å². The van der Waals surface area contributed by atoms with Gasteiger partial charge in [-0.1, -0.05) is 46.3 Å². The van der Waals surface area contributed by atoms with Crippen LogP contribution in [0.1, 0.15) is 93.4 Å². The van der Waals surface area contributed by atoms with Crippen LogP contribution in [-0.4, -0.2) is 264 Å². The normalized spacial score (nSPS) is 50.4. The van der Waals surface area contributed by atoms with Gasteiger partial charge in [-0.3, -0.25) is 13.9 Å². The molecule has 85 heavy (non-hydrogen) atoms. The van der Waals surface area contributed by atoms with Crippen molar-refractivity contribution >= 4 is 26.6 Å². The average molecular weight is 1270 g/mol. The molecule has 490 valence electrons. The third kappa shape index (κ3) is 12.8. The van der Waals surface area contributed by atoms with E-state index >= 15 is 0 Å². The van der Waals surface area contributed by atoms with E-state index in [2.05, 4.69) is 44.9 Å². The van der Waals surface area contributed by atoms with Gasteiger partial charge in [0.1, 0.15) is 110 Å². The van der Waals surface area contributed by atoms with E-state index in [0.717, 1.165) is 32.8 Å². The second-order valence-electron chi connectivity index (χ2n) is 25.7. The molecule has 4 aliphatic carbocycles. The van der Waals surface area contributed by atoms with Gasteiger partial charge in [0.2, 0.25) is 0 Å². The molecule has 5 heterocycles. The van der Waals surface area contributed by atoms with Gasteiger partial charge in [0.05, 0.1) is 38.6 Å². The highest BCUT2D eigenvalue weighted by molar-refractivity contribution is 7.81. The summed E-state index contributed by atoms with van der Waals surface area (Å²) in [5.41, 5.74) is 0.166. The van der Waals surface area contributed by atoms with Crippen molar-refractivity contribution in [3.63, 3.8) is 0 Å². The first kappa shape index (κ1) is 67.7. The largest absolute Gasteiger partial charge is 0.397 e. The van der Waals surface area contributed by atoms with Crippen LogP contribution in [0.2, 0.25) is 0 Å². The average Bonchev–Trinajstić information content (AvgIpc) is 1.69. The van der Waals surface area contributed by atoms with Gasteiger partial charge in [0, 0.05) is 13.0 Å². The Morgan fingerprint density at radius 2 is 1.24 bits per heavy atom. The molecule has 0 aromatic rings. The summed E-state index contributed by atoms with van der Waals surface area (Å²) in [6.07, 6.45) is -36.6. The van der Waals surface area contributed by atoms with Crippen molar-refractivity contribution in [1.29, 1.82) is 0 Å². The summed E-state index contributed by atoms with van der Waals surface area (Å²) >= 11 is 0. The number of hydrogen-bond acceptors (Lipinski definition) is 28. The van der Waals surface area contributed by atoms with Gasteiger partial charge in [-0.2, -0.15) is 16.8 Å². The van der Waals surface area contributed by atoms with Crippen LogP contribution in [-0.2, 0) is 86.1 Å². The molecule has 0 radical (unpaired) electrons. The van der Waals surface area contributed by atoms with E-state index in [1.807, 2.05) is 0 Å². The summed E-state index contributed by atoms with van der Waals surface area (Å²) < 4.78 is 143. The summed E-state index contributed by atoms with van der Waals surface area (Å²) in [6.45, 7) is 10.6. The van der Waals surface area contributed by atoms with E-state index in [-0.39, 0.29) is 39.8 Å². The molecule has 0 unspecified atom stereocenters. The van der Waals surface area contributed by atoms with E-state index in [1.165, 1.54) is 12.5 Å². The third-order valence-electron chi connectivity index (χ3n) is 20.7. The SMILES string of the molecule is CO[C@@H]1[C@@H](O)[C@H](O[C@@H]2[C@@H](O)[C@H](O[C@H]3[C@H](O)[C@@H](C)O[C@@H](O[C@H]4[C@H](O[C@H]5CC[C@]6(C)[C@H]7CC[C@]8(C)[C@@H](C(C)=O)CC[C@@]8(C)C7=CC[C@H]6C5(C)C)OC[C@@H](OS(=O)(=O)O)[C@@H]4O)[C@@H]3O[C@@H]3OC[C@@H](O)[C@H](O)[C@H]3O)O[C@H](COS(=O)(=O)O)[C@H]2O)O[C@H](CO)[C@H]1O. The molecule has 12 N–H and O–H groups in total. The van der Waals surface area contributed by atoms with E-state index < -0.39 is 200 Å². The maximum atomic E-state index is 13.0. The minimum atomic E-state index is -5.30. The number of ketones is 1. The highest BCUT2D eigenvalue weighted by atomic mass is 32.3. The van der Waals surface area contributed by atoms with Crippen LogP contribution >= 0.6 is 0 Å². The first-order valence-electron chi connectivity index (χ1n) is 28.8. The van der Waals surface area contributed by atoms with E-state index in [1.54, 1.807) is 6.92 Å². The van der Waals surface area contributed by atoms with Crippen molar-refractivity contribution in [3.8, 4) is 0 Å². The second-order valence-corrected chi connectivity index (χ2v) is 27.9. The first-order chi connectivity index (χ1) is 39.6. The zero-order valence-corrected chi connectivity index (χ0v) is 50.1. The Hall–Kier alpha value is -1.69. The van der Waals surface area contributed by atoms with Crippen LogP contribution in [0.25, 0.3) is 0 Å². The van der Waals surface area contributed by atoms with E-state index in [0.29, 0.717) is 19.3 Å². The highest BCUT2D eigenvalue weighted by Gasteiger charge is 2.67. The molecule has 8 fully saturated rings. The van der Waals surface area contributed by atoms with Gasteiger partial charge < -0.3 is 103 Å². The van der Waals surface area contributed by atoms with E-state index in [9.17, 15) is 81.8 Å². The number of carbonyl (C=O) groups excluding carboxylic acids is 1. The summed E-state index contributed by atoms with van der Waals surface area (Å²) in [6, 6.07) is 0. The number of fused-ring (bicyclic) bond motifs is 5. The smallest absolute Gasteiger partial charge is 0.394 e. The number of methoxy groups -OCH3 is 1. The molecule has 0 amide bonds. The Morgan fingerprint density at radius 3 is 1.87 bits per heavy atom. The quantitative estimate of drug-likeness (QED) is 0.0490. The van der Waals surface area contributed by atoms with Gasteiger partial charge in [0.15, 0.2) is 31.5 Å². The fourth-order valence-corrected chi connectivity index (χ4v) is 16.6. The van der Waals surface area contributed by atoms with Crippen LogP contribution in [0.3, 0.4) is 0 Å². The molecule has 30 atom stereocenters. The van der Waals surface area contributed by atoms with Crippen molar-refractivity contribution in [2.24, 2.45) is 39.4 Å². The minimum Gasteiger partial charge on any atom is -0.394 e. The lowest BCUT2D eigenvalue weighted by Gasteiger charge is -2.64. The number of Topliss-reactive ketones (excluding diaryl/α,β-unsaturated/α-hetero) is 1. The molecule has 32 heteroatoms. The Labute approximate surface area is 492 Å². The predicted molar refractivity (Wildman–Crippen MR) is 281 cm³/mol. The maximum Gasteiger partial charge on any atom is 0.397 e. The van der Waals surface area contributed by atoms with Gasteiger partial charge in [0.25, 0.3) is 0 Å². The molecule has 5 aliphatic heterocycles. The van der Waals surface area contributed by atoms with Crippen LogP contribution < -0.4 is 0 Å². The number of aliphatic hydroxyl groups excluding tert-OH is 10. The van der Waals surface area contributed by atoms with Gasteiger partial charge >= 0.3 is 20.8 Å². The lowest BCUT2D eigenvalue weighted by Crippen LogP contribution is -2.68. The zero-order chi connectivity index (χ0) is 62.4. The molecular formula is C53H86O30S2. The molecule has 0 spiro atoms. The van der Waals surface area contributed by atoms with Gasteiger partial charge in [-0.05, 0) is 92.3 Å². The first-order valence-corrected chi connectivity index (χ1v) is 31.5. The van der Waals surface area contributed by atoms with Crippen molar-refractivity contribution in [2.75, 3.05) is 33.5 Å². The number of allylic oxidation sites excluding steroid dienone is 2. The maximum absolute atomic E-state index is 13.0. The van der Waals surface area contributed by atoms with Crippen molar-refractivity contribution < 1.29 is 142 Å². The summed E-state index contributed by atoms with van der Waals surface area (Å²) in [5, 5.41) is 112. The standard InChI is InChI=1S/C53H86O30S2/c1-21(55)23-11-15-53(7)25-9-10-30-50(3,4)31(13-14-51(30,5)24(25)12-16-52(23,53)6)78-48-43(36(61)29(19-73-48)83-85(68,69)70)81-49-44(82-45-37(62)33(58)26(56)18-72-45)42(32(57)22(2)75-49)80-47-39(64)41(35(60)28(77-47)20-74-84(65,66)67)79-46-38(63)40(71-8)34(59)27(17-54)76-46/h9,22-24,26-49,54,56-64H,10-20H2,1-8H3,(H,65,66,67)(H,68,69,70)/t22-,23-,24+,26-,27-,28-,29-,30+,31+,32-,33+,34-,35-,36+,37-,38-,39-,40+,41+,42+,43-,44-,45+,46+,47+,48+,49+,51-,52-,53+/m1/s1. The fraction of sp³-hybridized carbons (Fsp3) is 0.943. The Morgan fingerprint density at radius 1 is 0.624 bits per heavy atom. The molecule has 3 saturated carbocycles. The topological polar surface area (TPSA) is 448 Å². The summed E-state index contributed by atoms with van der Waals surface area (Å²) in [4.78, 5) is 13.0. The Balaban J connectivity index is 1.03. The number of hydrogen-bond donors (Lipinski definition) is 12. The van der Waals surface area contributed by atoms with Crippen LogP contribution in [0, 0.1) is 39.4 Å². The zero-order valence-electron chi connectivity index (χ0n) is 48.5. The monoisotopic (exact) mass is 1270 g/mol. The number of ether oxygens (including phenoxy) is 11. The molecule has 5 saturated heterocycles. The Bertz CT molecular complexity index is 2600. The van der Waals surface area contributed by atoms with Crippen LogP contribution in [0.4, 0.5) is 0 Å². The van der Waals surface area contributed by atoms with Crippen LogP contribution in [0.5, 0.6) is 0 Å². The van der Waals surface area contributed by atoms with Gasteiger partial charge in [-0.25, -0.2) is 8.37 Å². The molecule has 0 aromatic carbocycles. The van der Waals surface area contributed by atoms with Crippen molar-refractivity contribution in [2.45, 2.75) is 241 Å². The molecule has 0 aromatic heterocycles. The summed E-state index contributed by atoms with van der Waals surface area (Å²) in [7, 11) is -9.46. The van der Waals surface area contributed by atoms with Crippen LogP contribution in [0.15, 0.2) is 11.6 Å². The summed E-state index contributed by atoms with van der Waals surface area (Å²) in [5.74, 6) is 0.402. The highest BCUT2D eigenvalue weighted by Crippen LogP contribution is 2.73. The minimum absolute atomic E-state index is 0.0139. The van der Waals surface area contributed by atoms with Crippen molar-refractivity contribution in [3.05, 3.63) is 11.6 Å². The van der Waals surface area contributed by atoms with E-state index in [4.69, 9.17) is 56.3 Å². The molecule has 0 bridgehead atoms. The molecule has 30 nitrogen and oxygen atoms in total. The predicted octanol–water partition coefficient (Wildman–Crippen LogP) is -2.72. The number of rotatable bonds is 18. The lowest BCUT2D eigenvalue weighted by molar-refractivity contribution is -0.407. The fourth-order valence-electron chi connectivity index (χ4n) is 15.8. The Kier molecular flexibility index (Phi) is 20.2.